The number of likely N-dealkylation sites (tertiary alicyclic amines) is 1. The van der Waals surface area contributed by atoms with E-state index in [0.717, 1.165) is 48.1 Å². The number of carbonyl (C=O) groups is 2. The van der Waals surface area contributed by atoms with Gasteiger partial charge >= 0.3 is 0 Å². The molecular weight excluding hydrogens is 478 g/mol. The molecule has 4 heterocycles. The number of aromatic nitrogens is 4. The quantitative estimate of drug-likeness (QED) is 0.269. The smallest absolute Gasteiger partial charge is 0.222 e. The summed E-state index contributed by atoms with van der Waals surface area (Å²) in [5.41, 5.74) is 17.3. The van der Waals surface area contributed by atoms with E-state index in [1.54, 1.807) is 6.20 Å². The third-order valence-electron chi connectivity index (χ3n) is 7.29. The molecule has 0 spiro atoms. The average molecular weight is 512 g/mol. The summed E-state index contributed by atoms with van der Waals surface area (Å²) >= 11 is 0. The average Bonchev–Trinajstić information content (AvgIpc) is 3.38. The Labute approximate surface area is 221 Å². The fourth-order valence-electron chi connectivity index (χ4n) is 5.21. The van der Waals surface area contributed by atoms with E-state index in [1.807, 2.05) is 53.6 Å². The van der Waals surface area contributed by atoms with Crippen LogP contribution in [0.1, 0.15) is 61.0 Å². The second-order valence-electron chi connectivity index (χ2n) is 9.81. The van der Waals surface area contributed by atoms with Gasteiger partial charge in [0.2, 0.25) is 5.91 Å². The lowest BCUT2D eigenvalue weighted by Crippen LogP contribution is -2.38. The number of Topliss-reactive ketones (excluding diaryl/α,β-unsaturated/α-hetero) is 1. The molecule has 1 fully saturated rings. The van der Waals surface area contributed by atoms with Gasteiger partial charge in [-0.3, -0.25) is 14.6 Å². The number of nitrogens with zero attached hydrogens (tertiary/aromatic N) is 5. The third kappa shape index (κ3) is 5.02. The fraction of sp³-hybridized carbons (Fsp3) is 0.345. The minimum Gasteiger partial charge on any atom is -0.383 e. The highest BCUT2D eigenvalue weighted by molar-refractivity contribution is 6.00. The van der Waals surface area contributed by atoms with E-state index < -0.39 is 0 Å². The van der Waals surface area contributed by atoms with Crippen molar-refractivity contribution in [2.45, 2.75) is 44.9 Å². The van der Waals surface area contributed by atoms with Gasteiger partial charge in [-0.25, -0.2) is 4.98 Å². The van der Waals surface area contributed by atoms with Crippen molar-refractivity contribution in [3.8, 4) is 22.4 Å². The van der Waals surface area contributed by atoms with E-state index in [1.165, 1.54) is 11.4 Å². The highest BCUT2D eigenvalue weighted by Gasteiger charge is 2.30. The zero-order chi connectivity index (χ0) is 26.6. The van der Waals surface area contributed by atoms with Crippen LogP contribution in [0.15, 0.2) is 54.9 Å². The first kappa shape index (κ1) is 25.5. The van der Waals surface area contributed by atoms with Crippen molar-refractivity contribution >= 4 is 23.2 Å². The molecule has 0 unspecified atom stereocenters. The lowest BCUT2D eigenvalue weighted by atomic mass is 9.89. The van der Waals surface area contributed by atoms with Crippen LogP contribution in [-0.2, 0) is 4.79 Å². The Bertz CT molecular complexity index is 1440. The Hall–Kier alpha value is -4.11. The number of benzene rings is 1. The summed E-state index contributed by atoms with van der Waals surface area (Å²) in [4.78, 5) is 36.8. The van der Waals surface area contributed by atoms with E-state index in [4.69, 9.17) is 16.5 Å². The van der Waals surface area contributed by atoms with Crippen molar-refractivity contribution in [2.75, 3.05) is 25.4 Å². The molecule has 0 atom stereocenters. The van der Waals surface area contributed by atoms with Crippen LogP contribution < -0.4 is 11.5 Å². The number of fused-ring (bicyclic) bond motifs is 1. The van der Waals surface area contributed by atoms with E-state index in [2.05, 4.69) is 10.1 Å². The Morgan fingerprint density at radius 1 is 1.00 bits per heavy atom. The van der Waals surface area contributed by atoms with Crippen molar-refractivity contribution in [3.63, 3.8) is 0 Å². The maximum atomic E-state index is 12.7. The van der Waals surface area contributed by atoms with Gasteiger partial charge in [0.15, 0.2) is 11.4 Å². The first-order valence-corrected chi connectivity index (χ1v) is 13.2. The standard InChI is InChI=1S/C29H33N7O2/c1-19(37)26-27(21-12-15-35(16-13-21)25(38)9-5-6-14-30)34-29-23(18-33-36(29)28(26)31)22-10-11-24(32-17-22)20-7-3-2-4-8-20/h2-4,7-8,10-11,17-18,21H,5-6,9,12-16,30-31H2,1H3. The first-order valence-electron chi connectivity index (χ1n) is 13.2. The maximum absolute atomic E-state index is 12.7. The summed E-state index contributed by atoms with van der Waals surface area (Å²) in [6.07, 6.45) is 7.16. The number of hydrogen-bond acceptors (Lipinski definition) is 7. The normalized spacial score (nSPS) is 14.2. The van der Waals surface area contributed by atoms with E-state index in [0.29, 0.717) is 43.0 Å². The number of rotatable bonds is 8. The van der Waals surface area contributed by atoms with Crippen LogP contribution in [0.5, 0.6) is 0 Å². The molecule has 0 aliphatic carbocycles. The predicted molar refractivity (Wildman–Crippen MR) is 148 cm³/mol. The number of amides is 1. The highest BCUT2D eigenvalue weighted by atomic mass is 16.2. The Morgan fingerprint density at radius 2 is 1.76 bits per heavy atom. The molecule has 38 heavy (non-hydrogen) atoms. The number of pyridine rings is 1. The number of hydrogen-bond donors (Lipinski definition) is 2. The molecule has 3 aromatic heterocycles. The van der Waals surface area contributed by atoms with Crippen molar-refractivity contribution in [2.24, 2.45) is 5.73 Å². The fourth-order valence-corrected chi connectivity index (χ4v) is 5.21. The van der Waals surface area contributed by atoms with Crippen LogP contribution in [0.25, 0.3) is 28.0 Å². The summed E-state index contributed by atoms with van der Waals surface area (Å²) in [7, 11) is 0. The molecule has 0 saturated carbocycles. The van der Waals surface area contributed by atoms with Crippen molar-refractivity contribution in [3.05, 3.63) is 66.1 Å². The summed E-state index contributed by atoms with van der Waals surface area (Å²) in [5.74, 6) is 0.336. The van der Waals surface area contributed by atoms with Gasteiger partial charge in [0, 0.05) is 48.3 Å². The van der Waals surface area contributed by atoms with Crippen LogP contribution in [0, 0.1) is 0 Å². The Kier molecular flexibility index (Phi) is 7.46. The molecule has 5 rings (SSSR count). The molecule has 0 bridgehead atoms. The molecule has 9 nitrogen and oxygen atoms in total. The van der Waals surface area contributed by atoms with Crippen LogP contribution in [-0.4, -0.2) is 55.8 Å². The molecular formula is C29H33N7O2. The van der Waals surface area contributed by atoms with E-state index in [-0.39, 0.29) is 23.4 Å². The number of ketones is 1. The van der Waals surface area contributed by atoms with Gasteiger partial charge in [0.25, 0.3) is 0 Å². The van der Waals surface area contributed by atoms with Crippen molar-refractivity contribution < 1.29 is 9.59 Å². The van der Waals surface area contributed by atoms with Gasteiger partial charge in [-0.2, -0.15) is 9.61 Å². The zero-order valence-corrected chi connectivity index (χ0v) is 21.6. The van der Waals surface area contributed by atoms with E-state index >= 15 is 0 Å². The Balaban J connectivity index is 1.44. The Morgan fingerprint density at radius 3 is 2.42 bits per heavy atom. The molecule has 1 saturated heterocycles. The van der Waals surface area contributed by atoms with Crippen LogP contribution in [0.3, 0.4) is 0 Å². The third-order valence-corrected chi connectivity index (χ3v) is 7.29. The first-order chi connectivity index (χ1) is 18.5. The second-order valence-corrected chi connectivity index (χ2v) is 9.81. The zero-order valence-electron chi connectivity index (χ0n) is 21.6. The summed E-state index contributed by atoms with van der Waals surface area (Å²) in [6.45, 7) is 3.37. The van der Waals surface area contributed by atoms with Gasteiger partial charge in [-0.05, 0) is 45.2 Å². The van der Waals surface area contributed by atoms with Gasteiger partial charge in [0.1, 0.15) is 5.82 Å². The lowest BCUT2D eigenvalue weighted by Gasteiger charge is -2.32. The molecule has 1 aromatic carbocycles. The number of nitrogen functional groups attached to an aromatic ring is 1. The van der Waals surface area contributed by atoms with Crippen LogP contribution in [0.4, 0.5) is 5.82 Å². The summed E-state index contributed by atoms with van der Waals surface area (Å²) in [5, 5.41) is 4.46. The van der Waals surface area contributed by atoms with Gasteiger partial charge in [-0.15, -0.1) is 0 Å². The van der Waals surface area contributed by atoms with Crippen LogP contribution >= 0.6 is 0 Å². The monoisotopic (exact) mass is 511 g/mol. The highest BCUT2D eigenvalue weighted by Crippen LogP contribution is 2.35. The predicted octanol–water partition coefficient (Wildman–Crippen LogP) is 4.08. The largest absolute Gasteiger partial charge is 0.383 e. The van der Waals surface area contributed by atoms with E-state index in [9.17, 15) is 9.59 Å². The van der Waals surface area contributed by atoms with Crippen LogP contribution in [0.2, 0.25) is 0 Å². The van der Waals surface area contributed by atoms with Crippen molar-refractivity contribution in [1.82, 2.24) is 24.5 Å². The SMILES string of the molecule is CC(=O)c1c(C2CCN(C(=O)CCCCN)CC2)nc2c(-c3ccc(-c4ccccc4)nc3)cnn2c1N. The molecule has 1 amide bonds. The molecule has 196 valence electrons. The number of unbranched alkanes of at least 4 members (excludes halogenated alkanes) is 1. The molecule has 1 aliphatic rings. The molecule has 4 aromatic rings. The topological polar surface area (TPSA) is 132 Å². The number of nitrogens with two attached hydrogens (primary N) is 2. The van der Waals surface area contributed by atoms with Crippen molar-refractivity contribution in [1.29, 1.82) is 0 Å². The summed E-state index contributed by atoms with van der Waals surface area (Å²) < 4.78 is 1.54. The number of anilines is 1. The van der Waals surface area contributed by atoms with Gasteiger partial charge in [0.05, 0.1) is 23.1 Å². The minimum atomic E-state index is -0.141. The molecule has 4 N–H and O–H groups in total. The molecule has 0 radical (unpaired) electrons. The maximum Gasteiger partial charge on any atom is 0.222 e. The number of carbonyl (C=O) groups excluding carboxylic acids is 2. The minimum absolute atomic E-state index is 0.0237. The summed E-state index contributed by atoms with van der Waals surface area (Å²) in [6, 6.07) is 14.0. The van der Waals surface area contributed by atoms with Gasteiger partial charge < -0.3 is 16.4 Å². The molecule has 9 heteroatoms. The molecule has 1 aliphatic heterocycles. The number of piperidine rings is 1. The lowest BCUT2D eigenvalue weighted by molar-refractivity contribution is -0.132. The van der Waals surface area contributed by atoms with Gasteiger partial charge in [-0.1, -0.05) is 36.4 Å². The second kappa shape index (κ2) is 11.1.